The molecule has 5 rings (SSSR count). The monoisotopic (exact) mass is 518 g/mol. The number of allylic oxidation sites excluding steroid dienone is 1. The number of phenols is 1. The number of carbonyl (C=O) groups is 2. The van der Waals surface area contributed by atoms with Crippen LogP contribution in [0.5, 0.6) is 5.75 Å². The summed E-state index contributed by atoms with van der Waals surface area (Å²) in [6, 6.07) is 15.8. The molecule has 2 aromatic carbocycles. The Balaban J connectivity index is 1.59. The fraction of sp³-hybridized carbons (Fsp3) is 0.467. The number of carbonyl (C=O) groups excluding carboxylic acids is 2. The van der Waals surface area contributed by atoms with Crippen molar-refractivity contribution in [2.75, 3.05) is 0 Å². The lowest BCUT2D eigenvalue weighted by molar-refractivity contribution is 0.0425. The number of aromatic hydroxyl groups is 1. The number of fused-ring (bicyclic) bond motifs is 4. The summed E-state index contributed by atoms with van der Waals surface area (Å²) in [6.07, 6.45) is 4.67. The molecule has 3 aliphatic carbocycles. The first-order valence-corrected chi connectivity index (χ1v) is 19.6. The van der Waals surface area contributed by atoms with Gasteiger partial charge < -0.3 is 9.53 Å². The highest BCUT2D eigenvalue weighted by Gasteiger charge is 2.56. The number of benzene rings is 2. The van der Waals surface area contributed by atoms with Crippen LogP contribution in [0, 0.1) is 17.8 Å². The second-order valence-corrected chi connectivity index (χ2v) is 22.3. The van der Waals surface area contributed by atoms with E-state index in [1.807, 2.05) is 0 Å². The highest BCUT2D eigenvalue weighted by molar-refractivity contribution is 6.92. The van der Waals surface area contributed by atoms with E-state index in [0.717, 1.165) is 19.3 Å². The molecule has 190 valence electrons. The highest BCUT2D eigenvalue weighted by atomic mass is 28.4. The van der Waals surface area contributed by atoms with Crippen molar-refractivity contribution in [1.29, 1.82) is 0 Å². The molecule has 1 fully saturated rings. The molecular weight excluding hydrogens is 480 g/mol. The third kappa shape index (κ3) is 3.98. The molecule has 0 spiro atoms. The van der Waals surface area contributed by atoms with Crippen molar-refractivity contribution in [2.24, 2.45) is 17.8 Å². The Morgan fingerprint density at radius 3 is 2.28 bits per heavy atom. The van der Waals surface area contributed by atoms with Crippen molar-refractivity contribution in [3.8, 4) is 5.75 Å². The number of ketones is 2. The fourth-order valence-electron chi connectivity index (χ4n) is 6.95. The number of rotatable bonds is 4. The van der Waals surface area contributed by atoms with Crippen molar-refractivity contribution >= 4 is 33.1 Å². The van der Waals surface area contributed by atoms with E-state index in [2.05, 4.69) is 76.1 Å². The Labute approximate surface area is 216 Å². The van der Waals surface area contributed by atoms with E-state index in [4.69, 9.17) is 4.43 Å². The minimum Gasteiger partial charge on any atom is -0.507 e. The van der Waals surface area contributed by atoms with Crippen LogP contribution in [-0.4, -0.2) is 39.2 Å². The summed E-state index contributed by atoms with van der Waals surface area (Å²) in [6.45, 7) is 13.8. The summed E-state index contributed by atoms with van der Waals surface area (Å²) in [7, 11) is -3.87. The van der Waals surface area contributed by atoms with Crippen LogP contribution in [-0.2, 0) is 4.43 Å². The molecule has 0 aromatic heterocycles. The van der Waals surface area contributed by atoms with E-state index in [0.29, 0.717) is 5.56 Å². The Hall–Kier alpha value is -2.29. The van der Waals surface area contributed by atoms with E-state index in [1.54, 1.807) is 12.1 Å². The zero-order valence-electron chi connectivity index (χ0n) is 22.3. The second-order valence-electron chi connectivity index (χ2n) is 12.8. The van der Waals surface area contributed by atoms with Crippen LogP contribution in [0.15, 0.2) is 60.2 Å². The largest absolute Gasteiger partial charge is 0.507 e. The highest BCUT2D eigenvalue weighted by Crippen LogP contribution is 2.58. The average molecular weight is 519 g/mol. The van der Waals surface area contributed by atoms with Crippen LogP contribution in [0.4, 0.5) is 0 Å². The first-order chi connectivity index (χ1) is 16.8. The van der Waals surface area contributed by atoms with Gasteiger partial charge in [0.15, 0.2) is 19.9 Å². The van der Waals surface area contributed by atoms with Gasteiger partial charge in [-0.3, -0.25) is 9.59 Å². The lowest BCUT2D eigenvalue weighted by Crippen LogP contribution is -2.56. The maximum atomic E-state index is 14.0. The number of hydrogen-bond acceptors (Lipinski definition) is 4. The van der Waals surface area contributed by atoms with E-state index < -0.39 is 34.3 Å². The molecule has 0 saturated heterocycles. The van der Waals surface area contributed by atoms with Gasteiger partial charge in [-0.1, -0.05) is 79.3 Å². The van der Waals surface area contributed by atoms with Gasteiger partial charge in [0.2, 0.25) is 0 Å². The van der Waals surface area contributed by atoms with Crippen LogP contribution in [0.2, 0.25) is 37.8 Å². The van der Waals surface area contributed by atoms with Gasteiger partial charge >= 0.3 is 0 Å². The van der Waals surface area contributed by atoms with Gasteiger partial charge in [-0.2, -0.15) is 0 Å². The number of hydrogen-bond donors (Lipinski definition) is 1. The van der Waals surface area contributed by atoms with Crippen LogP contribution < -0.4 is 5.19 Å². The van der Waals surface area contributed by atoms with Gasteiger partial charge in [0.1, 0.15) is 5.75 Å². The number of Topliss-reactive ketones (excluding diaryl/α,β-unsaturated/α-hetero) is 2. The van der Waals surface area contributed by atoms with Crippen molar-refractivity contribution in [3.63, 3.8) is 0 Å². The molecule has 36 heavy (non-hydrogen) atoms. The van der Waals surface area contributed by atoms with Gasteiger partial charge in [0.25, 0.3) is 0 Å². The van der Waals surface area contributed by atoms with Gasteiger partial charge in [-0.25, -0.2) is 0 Å². The van der Waals surface area contributed by atoms with E-state index >= 15 is 0 Å². The fourth-order valence-corrected chi connectivity index (χ4v) is 11.1. The molecule has 4 nitrogen and oxygen atoms in total. The van der Waals surface area contributed by atoms with Crippen LogP contribution >= 0.6 is 0 Å². The quantitative estimate of drug-likeness (QED) is 0.379. The van der Waals surface area contributed by atoms with Crippen molar-refractivity contribution in [3.05, 3.63) is 71.3 Å². The van der Waals surface area contributed by atoms with Crippen LogP contribution in [0.1, 0.15) is 46.9 Å². The first kappa shape index (κ1) is 25.4. The predicted molar refractivity (Wildman–Crippen MR) is 149 cm³/mol. The molecule has 5 atom stereocenters. The number of phenolic OH excluding ortho intramolecular Hbond substituents is 1. The van der Waals surface area contributed by atoms with Gasteiger partial charge in [-0.05, 0) is 55.9 Å². The van der Waals surface area contributed by atoms with Crippen molar-refractivity contribution in [1.82, 2.24) is 0 Å². The molecule has 0 heterocycles. The molecule has 1 saturated carbocycles. The van der Waals surface area contributed by atoms with Gasteiger partial charge in [0.05, 0.1) is 25.7 Å². The molecule has 3 aliphatic rings. The smallest absolute Gasteiger partial charge is 0.184 e. The standard InChI is InChI=1S/C30H38O4Si2/c1-30(36(5,6)20-11-8-7-9-12-20)16-15-21-19(18-30)17-24(34-35(2,3)4)27-26(21)28(32)22-13-10-14-23(31)25(22)29(27)33/h7-14,17,21,24,26-27,31H,15-16,18H2,1-6H3/t21-,24+,26-,27+,30+/m0/s1. The lowest BCUT2D eigenvalue weighted by Gasteiger charge is -2.53. The summed E-state index contributed by atoms with van der Waals surface area (Å²) >= 11 is 0. The minimum absolute atomic E-state index is 0.00607. The summed E-state index contributed by atoms with van der Waals surface area (Å²) in [5, 5.41) is 12.1. The van der Waals surface area contributed by atoms with Gasteiger partial charge in [0, 0.05) is 11.5 Å². The second kappa shape index (κ2) is 8.64. The molecule has 0 unspecified atom stereocenters. The minimum atomic E-state index is -2.02. The summed E-state index contributed by atoms with van der Waals surface area (Å²) in [5.41, 5.74) is 1.86. The Kier molecular flexibility index (Phi) is 6.09. The van der Waals surface area contributed by atoms with Crippen molar-refractivity contribution < 1.29 is 19.1 Å². The molecule has 0 aliphatic heterocycles. The topological polar surface area (TPSA) is 63.6 Å². The lowest BCUT2D eigenvalue weighted by atomic mass is 9.58. The summed E-state index contributed by atoms with van der Waals surface area (Å²) in [4.78, 5) is 27.8. The maximum Gasteiger partial charge on any atom is 0.184 e. The molecule has 1 N–H and O–H groups in total. The zero-order chi connectivity index (χ0) is 26.0. The molecule has 2 aromatic rings. The SMILES string of the molecule is C[C@@]1([Si](C)(C)c2ccccc2)CC[C@H]2C(=C[C@@H](O[Si](C)(C)C)[C@H]3C(=O)c4c(O)cccc4C(=O)[C@H]32)C1. The summed E-state index contributed by atoms with van der Waals surface area (Å²) in [5.74, 6) is -1.18. The van der Waals surface area contributed by atoms with Crippen LogP contribution in [0.3, 0.4) is 0 Å². The Morgan fingerprint density at radius 2 is 1.61 bits per heavy atom. The maximum absolute atomic E-state index is 14.0. The third-order valence-electron chi connectivity index (χ3n) is 9.28. The molecule has 0 radical (unpaired) electrons. The van der Waals surface area contributed by atoms with Gasteiger partial charge in [-0.15, -0.1) is 0 Å². The van der Waals surface area contributed by atoms with E-state index in [-0.39, 0.29) is 33.8 Å². The van der Waals surface area contributed by atoms with E-state index in [1.165, 1.54) is 16.8 Å². The van der Waals surface area contributed by atoms with Crippen molar-refractivity contribution in [2.45, 2.75) is 70.1 Å². The normalized spacial score (nSPS) is 30.2. The average Bonchev–Trinajstić information content (AvgIpc) is 2.81. The molecule has 6 heteroatoms. The van der Waals surface area contributed by atoms with Crippen LogP contribution in [0.25, 0.3) is 0 Å². The molecular formula is C30H38O4Si2. The Bertz CT molecular complexity index is 1240. The first-order valence-electron chi connectivity index (χ1n) is 13.2. The molecule has 0 bridgehead atoms. The molecule has 0 amide bonds. The summed E-state index contributed by atoms with van der Waals surface area (Å²) < 4.78 is 6.63. The predicted octanol–water partition coefficient (Wildman–Crippen LogP) is 6.34. The van der Waals surface area contributed by atoms with E-state index in [9.17, 15) is 14.7 Å². The Morgan fingerprint density at radius 1 is 0.917 bits per heavy atom. The third-order valence-corrected chi connectivity index (χ3v) is 15.5. The zero-order valence-corrected chi connectivity index (χ0v) is 24.3.